The fourth-order valence-corrected chi connectivity index (χ4v) is 1.19. The van der Waals surface area contributed by atoms with Gasteiger partial charge in [0.1, 0.15) is 11.2 Å². The summed E-state index contributed by atoms with van der Waals surface area (Å²) in [6, 6.07) is 1.07. The predicted molar refractivity (Wildman–Crippen MR) is 61.3 cm³/mol. The predicted octanol–water partition coefficient (Wildman–Crippen LogP) is 0.858. The van der Waals surface area contributed by atoms with Crippen LogP contribution in [0, 0.1) is 10.1 Å². The average molecular weight is 255 g/mol. The lowest BCUT2D eigenvalue weighted by Gasteiger charge is -2.31. The number of carbonyl (C=O) groups is 2. The molecule has 8 nitrogen and oxygen atoms in total. The van der Waals surface area contributed by atoms with Crippen molar-refractivity contribution in [2.45, 2.75) is 19.4 Å². The van der Waals surface area contributed by atoms with E-state index in [1.807, 2.05) is 0 Å². The lowest BCUT2D eigenvalue weighted by atomic mass is 10.0. The molecule has 1 aromatic rings. The smallest absolute Gasteiger partial charge is 0.329 e. The second-order valence-corrected chi connectivity index (χ2v) is 4.26. The number of aromatic nitrogens is 1. The molecule has 0 fully saturated rings. The zero-order valence-electron chi connectivity index (χ0n) is 10.1. The highest BCUT2D eigenvalue weighted by Crippen LogP contribution is 2.18. The van der Waals surface area contributed by atoms with Gasteiger partial charge >= 0.3 is 5.97 Å². The normalized spacial score (nSPS) is 11.1. The van der Waals surface area contributed by atoms with Gasteiger partial charge in [0.25, 0.3) is 11.6 Å². The summed E-state index contributed by atoms with van der Waals surface area (Å²) in [5, 5.41) is 19.5. The summed E-state index contributed by atoms with van der Waals surface area (Å²) in [6.07, 6.45) is 1.08. The Balaban J connectivity index is 3.00. The number of hydrogen-bond acceptors (Lipinski definition) is 4. The van der Waals surface area contributed by atoms with Crippen molar-refractivity contribution in [1.29, 1.82) is 0 Å². The van der Waals surface area contributed by atoms with E-state index in [1.165, 1.54) is 20.9 Å². The second-order valence-electron chi connectivity index (χ2n) is 4.26. The van der Waals surface area contributed by atoms with Crippen LogP contribution in [0.2, 0.25) is 0 Å². The number of carbonyl (C=O) groups excluding carboxylic acids is 1. The van der Waals surface area contributed by atoms with Crippen LogP contribution in [0.15, 0.2) is 12.3 Å². The molecule has 0 bridgehead atoms. The molecule has 1 heterocycles. The molecule has 0 unspecified atom stereocenters. The molecule has 18 heavy (non-hydrogen) atoms. The van der Waals surface area contributed by atoms with Crippen LogP contribution >= 0.6 is 0 Å². The minimum absolute atomic E-state index is 0.0291. The number of nitrogens with zero attached hydrogens (tertiary/aromatic N) is 2. The van der Waals surface area contributed by atoms with Crippen molar-refractivity contribution in [3.05, 3.63) is 28.1 Å². The maximum absolute atomic E-state index is 11.9. The van der Waals surface area contributed by atoms with Gasteiger partial charge in [-0.15, -0.1) is 0 Å². The largest absolute Gasteiger partial charge is 0.480 e. The number of hydrogen-bond donors (Lipinski definition) is 2. The highest BCUT2D eigenvalue weighted by Gasteiger charge is 2.36. The molecule has 1 aromatic heterocycles. The lowest BCUT2D eigenvalue weighted by Crippen LogP contribution is -2.50. The SMILES string of the molecule is CN(C(=O)c1cc([N+](=O)[O-])c[nH]1)C(C)(C)C(=O)O. The van der Waals surface area contributed by atoms with E-state index in [0.29, 0.717) is 0 Å². The molecule has 0 atom stereocenters. The zero-order chi connectivity index (χ0) is 14.1. The molecule has 0 aliphatic carbocycles. The summed E-state index contributed by atoms with van der Waals surface area (Å²) in [7, 11) is 1.32. The van der Waals surface area contributed by atoms with Gasteiger partial charge in [-0.05, 0) is 13.8 Å². The van der Waals surface area contributed by atoms with Gasteiger partial charge in [0.05, 0.1) is 11.1 Å². The van der Waals surface area contributed by atoms with Crippen molar-refractivity contribution in [3.8, 4) is 0 Å². The molecule has 8 heteroatoms. The second kappa shape index (κ2) is 4.47. The van der Waals surface area contributed by atoms with Crippen molar-refractivity contribution in [3.63, 3.8) is 0 Å². The number of nitro groups is 1. The minimum atomic E-state index is -1.41. The van der Waals surface area contributed by atoms with Crippen LogP contribution in [-0.4, -0.2) is 44.4 Å². The third-order valence-corrected chi connectivity index (χ3v) is 2.78. The first-order valence-electron chi connectivity index (χ1n) is 5.02. The molecular formula is C10H13N3O5. The monoisotopic (exact) mass is 255 g/mol. The van der Waals surface area contributed by atoms with Crippen LogP contribution in [0.5, 0.6) is 0 Å². The third-order valence-electron chi connectivity index (χ3n) is 2.78. The van der Waals surface area contributed by atoms with Gasteiger partial charge in [0.2, 0.25) is 0 Å². The van der Waals surface area contributed by atoms with Crippen LogP contribution < -0.4 is 0 Å². The molecule has 98 valence electrons. The quantitative estimate of drug-likeness (QED) is 0.611. The maximum atomic E-state index is 11.9. The summed E-state index contributed by atoms with van der Waals surface area (Å²) in [5.41, 5.74) is -1.69. The van der Waals surface area contributed by atoms with E-state index in [1.54, 1.807) is 0 Å². The number of H-pyrrole nitrogens is 1. The van der Waals surface area contributed by atoms with Crippen molar-refractivity contribution in [2.75, 3.05) is 7.05 Å². The van der Waals surface area contributed by atoms with Gasteiger partial charge in [-0.2, -0.15) is 0 Å². The van der Waals surface area contributed by atoms with Gasteiger partial charge in [-0.1, -0.05) is 0 Å². The molecule has 0 saturated heterocycles. The molecule has 1 amide bonds. The summed E-state index contributed by atoms with van der Waals surface area (Å²) >= 11 is 0. The summed E-state index contributed by atoms with van der Waals surface area (Å²) in [6.45, 7) is 2.73. The van der Waals surface area contributed by atoms with Crippen LogP contribution in [0.3, 0.4) is 0 Å². The highest BCUT2D eigenvalue weighted by atomic mass is 16.6. The number of likely N-dealkylation sites (N-methyl/N-ethyl adjacent to an activating group) is 1. The highest BCUT2D eigenvalue weighted by molar-refractivity contribution is 5.96. The fraction of sp³-hybridized carbons (Fsp3) is 0.400. The van der Waals surface area contributed by atoms with Crippen molar-refractivity contribution in [1.82, 2.24) is 9.88 Å². The van der Waals surface area contributed by atoms with E-state index in [9.17, 15) is 19.7 Å². The fourth-order valence-electron chi connectivity index (χ4n) is 1.19. The van der Waals surface area contributed by atoms with Crippen LogP contribution in [0.1, 0.15) is 24.3 Å². The van der Waals surface area contributed by atoms with E-state index in [-0.39, 0.29) is 11.4 Å². The molecule has 0 aliphatic heterocycles. The molecule has 0 spiro atoms. The Labute approximate surface area is 102 Å². The van der Waals surface area contributed by atoms with E-state index in [0.717, 1.165) is 17.2 Å². The number of amides is 1. The Kier molecular flexibility index (Phi) is 3.40. The number of aromatic amines is 1. The number of carboxylic acids is 1. The van der Waals surface area contributed by atoms with Crippen LogP contribution in [0.4, 0.5) is 5.69 Å². The molecule has 0 aromatic carbocycles. The molecular weight excluding hydrogens is 242 g/mol. The van der Waals surface area contributed by atoms with Gasteiger partial charge in [0, 0.05) is 13.1 Å². The number of carboxylic acid groups (broad SMARTS) is 1. The number of nitrogens with one attached hydrogen (secondary N) is 1. The average Bonchev–Trinajstić information content (AvgIpc) is 2.76. The molecule has 1 rings (SSSR count). The molecule has 0 saturated carbocycles. The van der Waals surface area contributed by atoms with Crippen LogP contribution in [-0.2, 0) is 4.79 Å². The first kappa shape index (κ1) is 13.7. The first-order chi connectivity index (χ1) is 8.17. The van der Waals surface area contributed by atoms with Crippen molar-refractivity contribution >= 4 is 17.6 Å². The zero-order valence-corrected chi connectivity index (χ0v) is 10.1. The third kappa shape index (κ3) is 2.31. The number of rotatable bonds is 4. The summed E-state index contributed by atoms with van der Waals surface area (Å²) in [4.78, 5) is 36.2. The Morgan fingerprint density at radius 3 is 2.44 bits per heavy atom. The van der Waals surface area contributed by atoms with Gasteiger partial charge in [-0.25, -0.2) is 4.79 Å². The minimum Gasteiger partial charge on any atom is -0.480 e. The van der Waals surface area contributed by atoms with Gasteiger partial charge in [0.15, 0.2) is 0 Å². The standard InChI is InChI=1S/C10H13N3O5/c1-10(2,9(15)16)12(3)8(14)7-4-6(5-11-7)13(17)18/h4-5,11H,1-3H3,(H,15,16). The Hall–Kier alpha value is -2.38. The number of aliphatic carboxylic acids is 1. The molecule has 0 radical (unpaired) electrons. The van der Waals surface area contributed by atoms with E-state index >= 15 is 0 Å². The van der Waals surface area contributed by atoms with Gasteiger partial charge in [-0.3, -0.25) is 14.9 Å². The van der Waals surface area contributed by atoms with Gasteiger partial charge < -0.3 is 15.0 Å². The molecule has 0 aliphatic rings. The van der Waals surface area contributed by atoms with E-state index in [4.69, 9.17) is 5.11 Å². The van der Waals surface area contributed by atoms with E-state index in [2.05, 4.69) is 4.98 Å². The molecule has 2 N–H and O–H groups in total. The summed E-state index contributed by atoms with van der Waals surface area (Å²) < 4.78 is 0. The van der Waals surface area contributed by atoms with Crippen LogP contribution in [0.25, 0.3) is 0 Å². The Morgan fingerprint density at radius 1 is 1.50 bits per heavy atom. The topological polar surface area (TPSA) is 117 Å². The van der Waals surface area contributed by atoms with E-state index < -0.39 is 22.3 Å². The van der Waals surface area contributed by atoms with Crippen molar-refractivity contribution < 1.29 is 19.6 Å². The van der Waals surface area contributed by atoms with Crippen molar-refractivity contribution in [2.24, 2.45) is 0 Å². The maximum Gasteiger partial charge on any atom is 0.329 e. The first-order valence-corrected chi connectivity index (χ1v) is 5.02. The summed E-state index contributed by atoms with van der Waals surface area (Å²) in [5.74, 6) is -1.80. The lowest BCUT2D eigenvalue weighted by molar-refractivity contribution is -0.384. The Morgan fingerprint density at radius 2 is 2.06 bits per heavy atom. The Bertz CT molecular complexity index is 505.